The summed E-state index contributed by atoms with van der Waals surface area (Å²) in [6.07, 6.45) is 7.62. The topological polar surface area (TPSA) is 45.5 Å². The van der Waals surface area contributed by atoms with Crippen LogP contribution in [0.3, 0.4) is 0 Å². The molecule has 2 fully saturated rings. The van der Waals surface area contributed by atoms with Crippen LogP contribution in [0.15, 0.2) is 36.5 Å². The number of hydrogen-bond donors (Lipinski definition) is 1. The number of benzene rings is 1. The molecule has 1 aliphatic carbocycles. The molecule has 1 saturated carbocycles. The van der Waals surface area contributed by atoms with Gasteiger partial charge in [-0.1, -0.05) is 31.0 Å². The van der Waals surface area contributed by atoms with Crippen LogP contribution < -0.4 is 0 Å². The zero-order valence-electron chi connectivity index (χ0n) is 14.2. The predicted molar refractivity (Wildman–Crippen MR) is 94.7 cm³/mol. The molecule has 4 heteroatoms. The zero-order chi connectivity index (χ0) is 16.6. The molecule has 0 spiro atoms. The number of hydrogen-bond acceptors (Lipinski definition) is 2. The Kier molecular flexibility index (Phi) is 4.09. The van der Waals surface area contributed by atoms with Gasteiger partial charge in [0.05, 0.1) is 5.60 Å². The van der Waals surface area contributed by atoms with Gasteiger partial charge >= 0.3 is 0 Å². The maximum atomic E-state index is 12.6. The largest absolute Gasteiger partial charge is 0.389 e. The van der Waals surface area contributed by atoms with E-state index in [1.165, 1.54) is 17.3 Å². The van der Waals surface area contributed by atoms with E-state index in [2.05, 4.69) is 29.0 Å². The van der Waals surface area contributed by atoms with E-state index in [4.69, 9.17) is 0 Å². The van der Waals surface area contributed by atoms with Crippen molar-refractivity contribution in [2.24, 2.45) is 5.92 Å². The summed E-state index contributed by atoms with van der Waals surface area (Å²) >= 11 is 0. The first-order valence-corrected chi connectivity index (χ1v) is 9.20. The lowest BCUT2D eigenvalue weighted by Crippen LogP contribution is -2.54. The molecule has 4 rings (SSSR count). The number of nitrogens with zero attached hydrogens (tertiary/aromatic N) is 2. The minimum Gasteiger partial charge on any atom is -0.389 e. The van der Waals surface area contributed by atoms with Gasteiger partial charge in [0.25, 0.3) is 0 Å². The van der Waals surface area contributed by atoms with Crippen molar-refractivity contribution in [3.05, 3.63) is 36.5 Å². The smallest absolute Gasteiger partial charge is 0.224 e. The summed E-state index contributed by atoms with van der Waals surface area (Å²) in [7, 11) is 0. The lowest BCUT2D eigenvalue weighted by Gasteiger charge is -2.47. The first-order chi connectivity index (χ1) is 11.7. The van der Waals surface area contributed by atoms with Crippen LogP contribution in [-0.2, 0) is 11.3 Å². The number of likely N-dealkylation sites (tertiary alicyclic amines) is 1. The number of aliphatic hydroxyl groups is 1. The van der Waals surface area contributed by atoms with Gasteiger partial charge in [-0.2, -0.15) is 0 Å². The van der Waals surface area contributed by atoms with Gasteiger partial charge in [0, 0.05) is 43.7 Å². The fourth-order valence-corrected chi connectivity index (χ4v) is 4.51. The molecule has 2 heterocycles. The quantitative estimate of drug-likeness (QED) is 0.941. The molecule has 2 aliphatic rings. The summed E-state index contributed by atoms with van der Waals surface area (Å²) in [6.45, 7) is 2.16. The zero-order valence-corrected chi connectivity index (χ0v) is 14.2. The second kappa shape index (κ2) is 6.25. The minimum atomic E-state index is -0.508. The highest BCUT2D eigenvalue weighted by molar-refractivity contribution is 5.80. The molecular weight excluding hydrogens is 300 g/mol. The molecule has 24 heavy (non-hydrogen) atoms. The number of piperidine rings is 1. The van der Waals surface area contributed by atoms with Crippen molar-refractivity contribution in [3.8, 4) is 0 Å². The van der Waals surface area contributed by atoms with Crippen molar-refractivity contribution < 1.29 is 9.90 Å². The number of aromatic nitrogens is 1. The molecule has 128 valence electrons. The Labute approximate surface area is 143 Å². The van der Waals surface area contributed by atoms with Crippen molar-refractivity contribution in [3.63, 3.8) is 0 Å². The fraction of sp³-hybridized carbons (Fsp3) is 0.550. The molecule has 1 saturated heterocycles. The van der Waals surface area contributed by atoms with Crippen LogP contribution in [0.1, 0.15) is 38.5 Å². The first kappa shape index (κ1) is 15.7. The van der Waals surface area contributed by atoms with Crippen molar-refractivity contribution in [1.29, 1.82) is 0 Å². The summed E-state index contributed by atoms with van der Waals surface area (Å²) < 4.78 is 2.16. The Morgan fingerprint density at radius 2 is 2.08 bits per heavy atom. The number of carbonyl (C=O) groups excluding carboxylic acids is 1. The van der Waals surface area contributed by atoms with E-state index in [1.54, 1.807) is 0 Å². The molecule has 1 N–H and O–H groups in total. The van der Waals surface area contributed by atoms with E-state index in [0.29, 0.717) is 13.0 Å². The van der Waals surface area contributed by atoms with E-state index < -0.39 is 5.60 Å². The monoisotopic (exact) mass is 326 g/mol. The number of para-hydroxylation sites is 1. The molecular formula is C20H26N2O2. The third-order valence-corrected chi connectivity index (χ3v) is 6.03. The number of aryl methyl sites for hydroxylation is 1. The van der Waals surface area contributed by atoms with Crippen molar-refractivity contribution in [2.75, 3.05) is 13.1 Å². The lowest BCUT2D eigenvalue weighted by molar-refractivity contribution is -0.143. The third kappa shape index (κ3) is 2.84. The van der Waals surface area contributed by atoms with Crippen LogP contribution in [0.25, 0.3) is 10.9 Å². The molecule has 1 aromatic heterocycles. The number of amides is 1. The molecule has 4 nitrogen and oxygen atoms in total. The molecule has 0 radical (unpaired) electrons. The van der Waals surface area contributed by atoms with Gasteiger partial charge in [-0.05, 0) is 36.8 Å². The van der Waals surface area contributed by atoms with E-state index in [-0.39, 0.29) is 11.8 Å². The molecule has 1 aromatic carbocycles. The molecule has 2 unspecified atom stereocenters. The summed E-state index contributed by atoms with van der Waals surface area (Å²) in [5.41, 5.74) is 0.677. The minimum absolute atomic E-state index is 0.223. The highest BCUT2D eigenvalue weighted by atomic mass is 16.3. The van der Waals surface area contributed by atoms with Crippen LogP contribution in [0.5, 0.6) is 0 Å². The maximum Gasteiger partial charge on any atom is 0.224 e. The van der Waals surface area contributed by atoms with Crippen molar-refractivity contribution in [1.82, 2.24) is 9.47 Å². The summed E-state index contributed by atoms with van der Waals surface area (Å²) in [6, 6.07) is 10.4. The highest BCUT2D eigenvalue weighted by Gasteiger charge is 2.43. The van der Waals surface area contributed by atoms with Crippen LogP contribution in [0, 0.1) is 5.92 Å². The van der Waals surface area contributed by atoms with Crippen LogP contribution in [0.4, 0.5) is 0 Å². The van der Waals surface area contributed by atoms with E-state index in [9.17, 15) is 9.90 Å². The summed E-state index contributed by atoms with van der Waals surface area (Å²) in [5, 5.41) is 12.0. The van der Waals surface area contributed by atoms with Crippen molar-refractivity contribution in [2.45, 2.75) is 50.7 Å². The SMILES string of the molecule is O=C(CCn1ccc2ccccc21)N1CCC2(O)CCCCC2C1. The van der Waals surface area contributed by atoms with E-state index >= 15 is 0 Å². The van der Waals surface area contributed by atoms with Gasteiger partial charge in [-0.3, -0.25) is 4.79 Å². The number of fused-ring (bicyclic) bond motifs is 2. The van der Waals surface area contributed by atoms with Crippen molar-refractivity contribution >= 4 is 16.8 Å². The summed E-state index contributed by atoms with van der Waals surface area (Å²) in [5.74, 6) is 0.497. The van der Waals surface area contributed by atoms with Crippen LogP contribution in [-0.4, -0.2) is 39.2 Å². The van der Waals surface area contributed by atoms with Gasteiger partial charge in [-0.25, -0.2) is 0 Å². The van der Waals surface area contributed by atoms with Gasteiger partial charge in [0.1, 0.15) is 0 Å². The van der Waals surface area contributed by atoms with Crippen LogP contribution in [0.2, 0.25) is 0 Å². The van der Waals surface area contributed by atoms with Crippen LogP contribution >= 0.6 is 0 Å². The van der Waals surface area contributed by atoms with Gasteiger partial charge in [0.2, 0.25) is 5.91 Å². The Bertz CT molecular complexity index is 738. The second-order valence-electron chi connectivity index (χ2n) is 7.45. The van der Waals surface area contributed by atoms with Gasteiger partial charge < -0.3 is 14.6 Å². The average Bonchev–Trinajstić information content (AvgIpc) is 3.02. The van der Waals surface area contributed by atoms with E-state index in [1.807, 2.05) is 17.0 Å². The number of carbonyl (C=O) groups is 1. The predicted octanol–water partition coefficient (Wildman–Crippen LogP) is 3.19. The first-order valence-electron chi connectivity index (χ1n) is 9.20. The summed E-state index contributed by atoms with van der Waals surface area (Å²) in [4.78, 5) is 14.6. The molecule has 1 amide bonds. The Morgan fingerprint density at radius 1 is 1.21 bits per heavy atom. The Hall–Kier alpha value is -1.81. The van der Waals surface area contributed by atoms with E-state index in [0.717, 1.165) is 38.8 Å². The third-order valence-electron chi connectivity index (χ3n) is 6.03. The maximum absolute atomic E-state index is 12.6. The Morgan fingerprint density at radius 3 is 3.00 bits per heavy atom. The molecule has 0 bridgehead atoms. The average molecular weight is 326 g/mol. The standard InChI is InChI=1S/C20H26N2O2/c23-19(9-13-21-12-8-16-5-1-2-7-18(16)21)22-14-11-20(24)10-4-3-6-17(20)15-22/h1-2,5,7-8,12,17,24H,3-4,6,9-11,13-15H2. The normalized spacial score (nSPS) is 27.2. The lowest BCUT2D eigenvalue weighted by atomic mass is 9.71. The van der Waals surface area contributed by atoms with Gasteiger partial charge in [-0.15, -0.1) is 0 Å². The fourth-order valence-electron chi connectivity index (χ4n) is 4.51. The van der Waals surface area contributed by atoms with Gasteiger partial charge in [0.15, 0.2) is 0 Å². The molecule has 1 aliphatic heterocycles. The Balaban J connectivity index is 1.38. The highest BCUT2D eigenvalue weighted by Crippen LogP contribution is 2.39. The number of rotatable bonds is 3. The molecule has 2 aromatic rings. The molecule has 2 atom stereocenters. The second-order valence-corrected chi connectivity index (χ2v) is 7.45.